The van der Waals surface area contributed by atoms with E-state index in [1.54, 1.807) is 0 Å². The zero-order valence-corrected chi connectivity index (χ0v) is 28.7. The van der Waals surface area contributed by atoms with Crippen LogP contribution in [0.5, 0.6) is 0 Å². The van der Waals surface area contributed by atoms with Gasteiger partial charge in [-0.15, -0.1) is 0 Å². The van der Waals surface area contributed by atoms with E-state index >= 15 is 0 Å². The van der Waals surface area contributed by atoms with E-state index in [-0.39, 0.29) is 11.8 Å². The lowest BCUT2D eigenvalue weighted by Crippen LogP contribution is -2.30. The minimum Gasteiger partial charge on any atom is -0.383 e. The average molecular weight is 681 g/mol. The third-order valence-electron chi connectivity index (χ3n) is 9.80. The molecule has 0 fully saturated rings. The Balaban J connectivity index is 0.000000152. The molecule has 4 aromatic heterocycles. The molecule has 258 valence electrons. The largest absolute Gasteiger partial charge is 0.383 e. The van der Waals surface area contributed by atoms with Gasteiger partial charge >= 0.3 is 0 Å². The van der Waals surface area contributed by atoms with Gasteiger partial charge < -0.3 is 26.8 Å². The molecule has 0 atom stereocenters. The summed E-state index contributed by atoms with van der Waals surface area (Å²) >= 11 is 0. The third-order valence-corrected chi connectivity index (χ3v) is 9.80. The molecule has 9 rings (SSSR count). The Morgan fingerprint density at radius 3 is 1.88 bits per heavy atom. The van der Waals surface area contributed by atoms with Gasteiger partial charge in [-0.3, -0.25) is 14.5 Å². The molecule has 2 aliphatic heterocycles. The fraction of sp³-hybridized carbons (Fsp3) is 0.231. The van der Waals surface area contributed by atoms with E-state index in [1.165, 1.54) is 14.9 Å². The predicted molar refractivity (Wildman–Crippen MR) is 198 cm³/mol. The van der Waals surface area contributed by atoms with Gasteiger partial charge in [-0.05, 0) is 75.2 Å². The number of rotatable bonds is 4. The lowest BCUT2D eigenvalue weighted by molar-refractivity contribution is 0.0941. The van der Waals surface area contributed by atoms with Crippen molar-refractivity contribution in [2.24, 2.45) is 0 Å². The Labute approximate surface area is 294 Å². The van der Waals surface area contributed by atoms with Crippen LogP contribution in [0.4, 0.5) is 11.6 Å². The van der Waals surface area contributed by atoms with Crippen molar-refractivity contribution in [2.45, 2.75) is 46.3 Å². The molecule has 0 unspecified atom stereocenters. The smallest absolute Gasteiger partial charge is 0.280 e. The van der Waals surface area contributed by atoms with Crippen LogP contribution in [0.1, 0.15) is 60.2 Å². The van der Waals surface area contributed by atoms with E-state index in [9.17, 15) is 9.59 Å². The Kier molecular flexibility index (Phi) is 8.25. The average Bonchev–Trinajstić information content (AvgIpc) is 3.90. The van der Waals surface area contributed by atoms with Gasteiger partial charge in [0.25, 0.3) is 11.8 Å². The quantitative estimate of drug-likeness (QED) is 0.171. The minimum atomic E-state index is -0.184. The molecule has 0 aliphatic carbocycles. The molecule has 0 bridgehead atoms. The summed E-state index contributed by atoms with van der Waals surface area (Å²) in [6, 6.07) is 25.7. The number of H-pyrrole nitrogens is 2. The number of aromatic amines is 2. The van der Waals surface area contributed by atoms with Crippen molar-refractivity contribution in [3.05, 3.63) is 129 Å². The number of aryl methyl sites for hydroxylation is 2. The monoisotopic (exact) mass is 680 g/mol. The van der Waals surface area contributed by atoms with Crippen molar-refractivity contribution in [1.82, 2.24) is 39.7 Å². The van der Waals surface area contributed by atoms with E-state index in [0.717, 1.165) is 88.2 Å². The van der Waals surface area contributed by atoms with Crippen LogP contribution in [0.3, 0.4) is 0 Å². The molecular weight excluding hydrogens is 640 g/mol. The number of anilines is 2. The standard InChI is InChI=1S/C23H23N5O.C16H17N5O/c1-15-12-19-17(8-5-9-20(19)25-15)23(29)28-22(24)18-10-11-27(14-21(18)26-28)13-16-6-3-2-4-7-16;1-9-7-12-10(3-2-4-13(12)19-9)16(22)21-15(17)11-5-6-18-8-14(11)20-21/h2-9,12,25H,10-11,13-14,24H2,1H3;2-4,7,18-19H,5-6,8,17H2,1H3. The molecular formula is C39H40N10O2. The van der Waals surface area contributed by atoms with Crippen molar-refractivity contribution < 1.29 is 9.59 Å². The van der Waals surface area contributed by atoms with E-state index in [1.807, 2.05) is 68.4 Å². The highest BCUT2D eigenvalue weighted by Gasteiger charge is 2.27. The van der Waals surface area contributed by atoms with Crippen LogP contribution in [0.2, 0.25) is 0 Å². The Morgan fingerprint density at radius 2 is 1.29 bits per heavy atom. The SMILES string of the molecule is Cc1cc2c(C(=O)n3nc4c(c3N)CCN(Cc3ccccc3)C4)cccc2[nH]1.Cc1cc2c(C(=O)n3nc4c(c3N)CCNC4)cccc2[nH]1. The van der Waals surface area contributed by atoms with Crippen LogP contribution in [0.15, 0.2) is 78.9 Å². The topological polar surface area (TPSA) is 169 Å². The number of benzene rings is 3. The number of fused-ring (bicyclic) bond motifs is 4. The van der Waals surface area contributed by atoms with Crippen molar-refractivity contribution in [2.75, 3.05) is 24.6 Å². The van der Waals surface area contributed by atoms with Gasteiger partial charge in [0, 0.05) is 70.5 Å². The van der Waals surface area contributed by atoms with Gasteiger partial charge in [0.05, 0.1) is 22.5 Å². The second-order valence-corrected chi connectivity index (χ2v) is 13.4. The predicted octanol–water partition coefficient (Wildman–Crippen LogP) is 5.09. The van der Waals surface area contributed by atoms with Crippen molar-refractivity contribution in [3.63, 3.8) is 0 Å². The number of aromatic nitrogens is 6. The maximum atomic E-state index is 13.3. The normalized spacial score (nSPS) is 14.2. The number of carbonyl (C=O) groups excluding carboxylic acids is 2. The molecule has 51 heavy (non-hydrogen) atoms. The van der Waals surface area contributed by atoms with E-state index in [4.69, 9.17) is 11.5 Å². The fourth-order valence-electron chi connectivity index (χ4n) is 7.29. The first-order valence-electron chi connectivity index (χ1n) is 17.2. The molecule has 7 N–H and O–H groups in total. The summed E-state index contributed by atoms with van der Waals surface area (Å²) in [5.41, 5.74) is 22.7. The summed E-state index contributed by atoms with van der Waals surface area (Å²) in [5.74, 6) is 0.562. The molecule has 2 aliphatic rings. The highest BCUT2D eigenvalue weighted by Crippen LogP contribution is 2.28. The second kappa shape index (κ2) is 13.0. The first-order chi connectivity index (χ1) is 24.7. The Bertz CT molecular complexity index is 2430. The van der Waals surface area contributed by atoms with E-state index in [2.05, 4.69) is 54.6 Å². The molecule has 0 amide bonds. The van der Waals surface area contributed by atoms with E-state index < -0.39 is 0 Å². The number of nitrogens with zero attached hydrogens (tertiary/aromatic N) is 5. The summed E-state index contributed by atoms with van der Waals surface area (Å²) in [7, 11) is 0. The lowest BCUT2D eigenvalue weighted by Gasteiger charge is -2.26. The van der Waals surface area contributed by atoms with Crippen LogP contribution in [0.25, 0.3) is 21.8 Å². The Hall–Kier alpha value is -5.98. The number of hydrogen-bond acceptors (Lipinski definition) is 8. The maximum absolute atomic E-state index is 13.3. The van der Waals surface area contributed by atoms with Crippen LogP contribution in [-0.4, -0.2) is 59.3 Å². The summed E-state index contributed by atoms with van der Waals surface area (Å²) in [6.07, 6.45) is 1.61. The van der Waals surface area contributed by atoms with Crippen LogP contribution in [-0.2, 0) is 32.5 Å². The van der Waals surface area contributed by atoms with Gasteiger partial charge in [0.15, 0.2) is 0 Å². The van der Waals surface area contributed by atoms with Gasteiger partial charge in [-0.2, -0.15) is 19.6 Å². The minimum absolute atomic E-state index is 0.184. The first kappa shape index (κ1) is 32.2. The summed E-state index contributed by atoms with van der Waals surface area (Å²) < 4.78 is 2.72. The van der Waals surface area contributed by atoms with Gasteiger partial charge in [-0.1, -0.05) is 42.5 Å². The molecule has 0 spiro atoms. The summed E-state index contributed by atoms with van der Waals surface area (Å²) in [6.45, 7) is 7.94. The van der Waals surface area contributed by atoms with Crippen molar-refractivity contribution >= 4 is 45.3 Å². The third kappa shape index (κ3) is 5.98. The fourth-order valence-corrected chi connectivity index (χ4v) is 7.29. The molecule has 0 saturated carbocycles. The van der Waals surface area contributed by atoms with Gasteiger partial charge in [0.2, 0.25) is 0 Å². The second-order valence-electron chi connectivity index (χ2n) is 13.4. The van der Waals surface area contributed by atoms with Crippen molar-refractivity contribution in [1.29, 1.82) is 0 Å². The van der Waals surface area contributed by atoms with Crippen LogP contribution < -0.4 is 16.8 Å². The van der Waals surface area contributed by atoms with Crippen LogP contribution >= 0.6 is 0 Å². The molecule has 3 aromatic carbocycles. The molecule has 6 heterocycles. The number of nitrogens with one attached hydrogen (secondary N) is 3. The van der Waals surface area contributed by atoms with Gasteiger partial charge in [0.1, 0.15) is 11.6 Å². The molecule has 12 nitrogen and oxygen atoms in total. The lowest BCUT2D eigenvalue weighted by atomic mass is 10.1. The highest BCUT2D eigenvalue weighted by molar-refractivity contribution is 6.09. The number of carbonyl (C=O) groups is 2. The molecule has 0 saturated heterocycles. The molecule has 0 radical (unpaired) electrons. The zero-order valence-electron chi connectivity index (χ0n) is 28.7. The maximum Gasteiger partial charge on any atom is 0.280 e. The van der Waals surface area contributed by atoms with Crippen LogP contribution in [0, 0.1) is 13.8 Å². The highest BCUT2D eigenvalue weighted by atomic mass is 16.2. The summed E-state index contributed by atoms with van der Waals surface area (Å²) in [4.78, 5) is 35.0. The number of nitrogens with two attached hydrogens (primary N) is 2. The molecule has 12 heteroatoms. The van der Waals surface area contributed by atoms with E-state index in [0.29, 0.717) is 35.9 Å². The van der Waals surface area contributed by atoms with Crippen molar-refractivity contribution in [3.8, 4) is 0 Å². The molecule has 7 aromatic rings. The summed E-state index contributed by atoms with van der Waals surface area (Å²) in [5, 5.41) is 14.1. The number of nitrogen functional groups attached to an aromatic ring is 2. The number of hydrogen-bond donors (Lipinski definition) is 5. The van der Waals surface area contributed by atoms with Gasteiger partial charge in [-0.25, -0.2) is 0 Å². The first-order valence-corrected chi connectivity index (χ1v) is 17.2. The zero-order chi connectivity index (χ0) is 35.2. The Morgan fingerprint density at radius 1 is 0.725 bits per heavy atom.